The van der Waals surface area contributed by atoms with Crippen LogP contribution in [0.15, 0.2) is 12.1 Å². The van der Waals surface area contributed by atoms with Gasteiger partial charge in [-0.15, -0.1) is 0 Å². The van der Waals surface area contributed by atoms with Crippen LogP contribution in [0, 0.1) is 15.9 Å². The third kappa shape index (κ3) is 1.54. The zero-order valence-electron chi connectivity index (χ0n) is 7.62. The van der Waals surface area contributed by atoms with E-state index in [2.05, 4.69) is 5.32 Å². The number of nitro groups is 1. The summed E-state index contributed by atoms with van der Waals surface area (Å²) in [4.78, 5) is 20.9. The minimum atomic E-state index is -0.895. The number of rotatable bonds is 1. The topological polar surface area (TPSA) is 72.2 Å². The average Bonchev–Trinajstić information content (AvgIpc) is 2.16. The van der Waals surface area contributed by atoms with Gasteiger partial charge in [0.1, 0.15) is 0 Å². The van der Waals surface area contributed by atoms with E-state index in [-0.39, 0.29) is 11.5 Å². The summed E-state index contributed by atoms with van der Waals surface area (Å²) in [5.74, 6) is -1.28. The van der Waals surface area contributed by atoms with E-state index in [9.17, 15) is 19.3 Å². The second-order valence-corrected chi connectivity index (χ2v) is 3.22. The highest BCUT2D eigenvalue weighted by Crippen LogP contribution is 2.24. The molecule has 6 heteroatoms. The Morgan fingerprint density at radius 3 is 2.87 bits per heavy atom. The first-order valence-electron chi connectivity index (χ1n) is 4.34. The summed E-state index contributed by atoms with van der Waals surface area (Å²) in [7, 11) is 0. The van der Waals surface area contributed by atoms with E-state index in [0.717, 1.165) is 12.1 Å². The Kier molecular flexibility index (Phi) is 2.11. The largest absolute Gasteiger partial charge is 0.352 e. The maximum Gasteiger partial charge on any atom is 0.305 e. The van der Waals surface area contributed by atoms with Crippen molar-refractivity contribution in [1.82, 2.24) is 5.32 Å². The van der Waals surface area contributed by atoms with Crippen LogP contribution in [-0.2, 0) is 6.42 Å². The van der Waals surface area contributed by atoms with Crippen LogP contribution in [0.4, 0.5) is 10.1 Å². The van der Waals surface area contributed by atoms with Crippen LogP contribution in [0.3, 0.4) is 0 Å². The summed E-state index contributed by atoms with van der Waals surface area (Å²) in [6.07, 6.45) is 0.496. The summed E-state index contributed by atoms with van der Waals surface area (Å²) in [5.41, 5.74) is 0.0435. The maximum atomic E-state index is 13.2. The first kappa shape index (κ1) is 9.57. The number of amides is 1. The van der Waals surface area contributed by atoms with Gasteiger partial charge in [0.25, 0.3) is 5.91 Å². The smallest absolute Gasteiger partial charge is 0.305 e. The Balaban J connectivity index is 2.60. The molecule has 1 aromatic carbocycles. The lowest BCUT2D eigenvalue weighted by Crippen LogP contribution is -2.32. The van der Waals surface area contributed by atoms with Crippen molar-refractivity contribution in [3.05, 3.63) is 39.2 Å². The number of fused-ring (bicyclic) bond motifs is 1. The third-order valence-corrected chi connectivity index (χ3v) is 2.29. The molecule has 1 heterocycles. The molecule has 0 unspecified atom stereocenters. The van der Waals surface area contributed by atoms with Crippen molar-refractivity contribution in [2.45, 2.75) is 6.42 Å². The minimum Gasteiger partial charge on any atom is -0.352 e. The van der Waals surface area contributed by atoms with Gasteiger partial charge in [-0.1, -0.05) is 0 Å². The van der Waals surface area contributed by atoms with E-state index in [0.29, 0.717) is 18.5 Å². The SMILES string of the molecule is O=C1NCCc2cc(F)c([N+](=O)[O-])cc21. The normalized spacial score (nSPS) is 14.3. The van der Waals surface area contributed by atoms with Gasteiger partial charge in [-0.2, -0.15) is 4.39 Å². The molecule has 0 radical (unpaired) electrons. The number of carbonyl (C=O) groups is 1. The van der Waals surface area contributed by atoms with Crippen LogP contribution in [-0.4, -0.2) is 17.4 Å². The highest BCUT2D eigenvalue weighted by Gasteiger charge is 2.23. The van der Waals surface area contributed by atoms with Gasteiger partial charge in [0, 0.05) is 18.2 Å². The van der Waals surface area contributed by atoms with Crippen molar-refractivity contribution in [1.29, 1.82) is 0 Å². The Bertz CT molecular complexity index is 459. The fraction of sp³-hybridized carbons (Fsp3) is 0.222. The molecule has 0 atom stereocenters. The van der Waals surface area contributed by atoms with Gasteiger partial charge in [0.2, 0.25) is 5.82 Å². The van der Waals surface area contributed by atoms with Crippen molar-refractivity contribution in [3.8, 4) is 0 Å². The number of hydrogen-bond acceptors (Lipinski definition) is 3. The van der Waals surface area contributed by atoms with Crippen molar-refractivity contribution in [2.75, 3.05) is 6.54 Å². The van der Waals surface area contributed by atoms with Gasteiger partial charge in [-0.3, -0.25) is 14.9 Å². The summed E-state index contributed by atoms with van der Waals surface area (Å²) in [5, 5.41) is 13.0. The van der Waals surface area contributed by atoms with E-state index in [1.807, 2.05) is 0 Å². The molecule has 0 spiro atoms. The number of benzene rings is 1. The van der Waals surface area contributed by atoms with Gasteiger partial charge in [-0.25, -0.2) is 0 Å². The number of nitrogens with one attached hydrogen (secondary N) is 1. The van der Waals surface area contributed by atoms with Crippen molar-refractivity contribution < 1.29 is 14.1 Å². The average molecular weight is 210 g/mol. The van der Waals surface area contributed by atoms with Crippen molar-refractivity contribution >= 4 is 11.6 Å². The van der Waals surface area contributed by atoms with Crippen LogP contribution in [0.25, 0.3) is 0 Å². The molecule has 1 aromatic rings. The summed E-state index contributed by atoms with van der Waals surface area (Å²) >= 11 is 0. The third-order valence-electron chi connectivity index (χ3n) is 2.29. The summed E-state index contributed by atoms with van der Waals surface area (Å²) in [6, 6.07) is 2.05. The van der Waals surface area contributed by atoms with Gasteiger partial charge in [0.15, 0.2) is 0 Å². The highest BCUT2D eigenvalue weighted by atomic mass is 19.1. The molecule has 0 saturated carbocycles. The zero-order valence-corrected chi connectivity index (χ0v) is 7.62. The Hall–Kier alpha value is -1.98. The lowest BCUT2D eigenvalue weighted by molar-refractivity contribution is -0.387. The van der Waals surface area contributed by atoms with Gasteiger partial charge < -0.3 is 5.32 Å². The molecule has 0 aliphatic carbocycles. The molecule has 0 saturated heterocycles. The molecule has 0 fully saturated rings. The predicted octanol–water partition coefficient (Wildman–Crippen LogP) is 1.02. The fourth-order valence-corrected chi connectivity index (χ4v) is 1.57. The second kappa shape index (κ2) is 3.30. The van der Waals surface area contributed by atoms with E-state index < -0.39 is 16.4 Å². The zero-order chi connectivity index (χ0) is 11.0. The molecule has 1 aliphatic rings. The number of halogens is 1. The molecule has 78 valence electrons. The van der Waals surface area contributed by atoms with Crippen molar-refractivity contribution in [2.24, 2.45) is 0 Å². The highest BCUT2D eigenvalue weighted by molar-refractivity contribution is 5.97. The fourth-order valence-electron chi connectivity index (χ4n) is 1.57. The number of nitrogens with zero attached hydrogens (tertiary/aromatic N) is 1. The van der Waals surface area contributed by atoms with Crippen LogP contribution in [0.2, 0.25) is 0 Å². The summed E-state index contributed by atoms with van der Waals surface area (Å²) < 4.78 is 13.2. The standard InChI is InChI=1S/C9H7FN2O3/c10-7-3-5-1-2-11-9(13)6(5)4-8(7)12(14)15/h3-4H,1-2H2,(H,11,13). The second-order valence-electron chi connectivity index (χ2n) is 3.22. The lowest BCUT2D eigenvalue weighted by Gasteiger charge is -2.15. The van der Waals surface area contributed by atoms with Crippen LogP contribution < -0.4 is 5.32 Å². The Morgan fingerprint density at radius 1 is 1.47 bits per heavy atom. The number of carbonyl (C=O) groups excluding carboxylic acids is 1. The van der Waals surface area contributed by atoms with Crippen LogP contribution >= 0.6 is 0 Å². The molecular formula is C9H7FN2O3. The molecule has 1 aliphatic heterocycles. The monoisotopic (exact) mass is 210 g/mol. The summed E-state index contributed by atoms with van der Waals surface area (Å²) in [6.45, 7) is 0.434. The molecule has 0 aromatic heterocycles. The molecule has 5 nitrogen and oxygen atoms in total. The number of hydrogen-bond donors (Lipinski definition) is 1. The molecule has 0 bridgehead atoms. The van der Waals surface area contributed by atoms with E-state index >= 15 is 0 Å². The molecule has 1 amide bonds. The maximum absolute atomic E-state index is 13.2. The Labute approximate surface area is 84.1 Å². The molecule has 2 rings (SSSR count). The predicted molar refractivity (Wildman–Crippen MR) is 49.1 cm³/mol. The minimum absolute atomic E-state index is 0.189. The van der Waals surface area contributed by atoms with Crippen molar-refractivity contribution in [3.63, 3.8) is 0 Å². The van der Waals surface area contributed by atoms with E-state index in [4.69, 9.17) is 0 Å². The first-order chi connectivity index (χ1) is 7.09. The Morgan fingerprint density at radius 2 is 2.20 bits per heavy atom. The van der Waals surface area contributed by atoms with E-state index in [1.165, 1.54) is 0 Å². The van der Waals surface area contributed by atoms with E-state index in [1.54, 1.807) is 0 Å². The first-order valence-corrected chi connectivity index (χ1v) is 4.34. The number of nitro benzene ring substituents is 1. The quantitative estimate of drug-likeness (QED) is 0.555. The molecule has 1 N–H and O–H groups in total. The van der Waals surface area contributed by atoms with Gasteiger partial charge >= 0.3 is 5.69 Å². The van der Waals surface area contributed by atoms with Gasteiger partial charge in [0.05, 0.1) is 4.92 Å². The van der Waals surface area contributed by atoms with Gasteiger partial charge in [-0.05, 0) is 18.1 Å². The molecule has 15 heavy (non-hydrogen) atoms. The molecular weight excluding hydrogens is 203 g/mol. The lowest BCUT2D eigenvalue weighted by atomic mass is 9.99. The van der Waals surface area contributed by atoms with Crippen LogP contribution in [0.1, 0.15) is 15.9 Å². The van der Waals surface area contributed by atoms with Crippen LogP contribution in [0.5, 0.6) is 0 Å².